The zero-order chi connectivity index (χ0) is 32.0. The summed E-state index contributed by atoms with van der Waals surface area (Å²) >= 11 is 12.2. The number of anilines is 1. The van der Waals surface area contributed by atoms with Crippen molar-refractivity contribution >= 4 is 52.4 Å². The zero-order valence-electron chi connectivity index (χ0n) is 24.9. The van der Waals surface area contributed by atoms with Crippen LogP contribution in [0.15, 0.2) is 72.8 Å². The molecule has 0 fully saturated rings. The van der Waals surface area contributed by atoms with Crippen molar-refractivity contribution < 1.29 is 24.6 Å². The molecule has 3 amide bonds. The van der Waals surface area contributed by atoms with E-state index >= 15 is 0 Å². The number of hydrogen-bond donors (Lipinski definition) is 5. The van der Waals surface area contributed by atoms with Gasteiger partial charge in [-0.25, -0.2) is 9.59 Å². The second-order valence-electron chi connectivity index (χ2n) is 12.1. The highest BCUT2D eigenvalue weighted by molar-refractivity contribution is 6.35. The number of urea groups is 1. The van der Waals surface area contributed by atoms with Gasteiger partial charge in [0.25, 0.3) is 5.91 Å². The summed E-state index contributed by atoms with van der Waals surface area (Å²) in [4.78, 5) is 36.5. The predicted molar refractivity (Wildman–Crippen MR) is 174 cm³/mol. The molecule has 0 bridgehead atoms. The van der Waals surface area contributed by atoms with Gasteiger partial charge < -0.3 is 26.2 Å². The summed E-state index contributed by atoms with van der Waals surface area (Å²) in [5, 5.41) is 27.2. The van der Waals surface area contributed by atoms with Crippen LogP contribution in [0.2, 0.25) is 10.0 Å². The number of benzene rings is 3. The minimum Gasteiger partial charge on any atom is -0.479 e. The first-order chi connectivity index (χ1) is 20.8. The van der Waals surface area contributed by atoms with Gasteiger partial charge in [-0.15, -0.1) is 0 Å². The number of carbonyl (C=O) groups is 3. The number of aliphatic carboxylic acids is 1. The van der Waals surface area contributed by atoms with E-state index in [9.17, 15) is 19.5 Å². The molecule has 0 saturated carbocycles. The van der Waals surface area contributed by atoms with E-state index in [-0.39, 0.29) is 11.0 Å². The molecule has 3 aromatic carbocycles. The van der Waals surface area contributed by atoms with Crippen molar-refractivity contribution in [2.45, 2.75) is 52.2 Å². The number of amides is 3. The summed E-state index contributed by atoms with van der Waals surface area (Å²) in [6.07, 6.45) is 3.85. The molecule has 0 saturated heterocycles. The molecule has 0 heterocycles. The monoisotopic (exact) mass is 637 g/mol. The van der Waals surface area contributed by atoms with Crippen LogP contribution in [0.4, 0.5) is 10.5 Å². The number of carbonyl (C=O) groups excluding carboxylic acids is 2. The average Bonchev–Trinajstić information content (AvgIpc) is 2.98. The molecule has 0 radical (unpaired) electrons. The summed E-state index contributed by atoms with van der Waals surface area (Å²) < 4.78 is 0. The van der Waals surface area contributed by atoms with Crippen molar-refractivity contribution in [2.24, 2.45) is 11.3 Å². The first-order valence-corrected chi connectivity index (χ1v) is 15.2. The van der Waals surface area contributed by atoms with Gasteiger partial charge in [0.2, 0.25) is 0 Å². The minimum absolute atomic E-state index is 0.274. The number of carboxylic acid groups (broad SMARTS) is 1. The Bertz CT molecular complexity index is 1510. The zero-order valence-corrected chi connectivity index (χ0v) is 26.4. The topological polar surface area (TPSA) is 128 Å². The van der Waals surface area contributed by atoms with E-state index in [1.807, 2.05) is 12.1 Å². The Hall–Kier alpha value is -3.85. The summed E-state index contributed by atoms with van der Waals surface area (Å²) in [6.45, 7) is 6.45. The lowest BCUT2D eigenvalue weighted by Crippen LogP contribution is -2.36. The molecule has 1 aliphatic rings. The maximum Gasteiger partial charge on any atom is 0.334 e. The van der Waals surface area contributed by atoms with E-state index in [2.05, 4.69) is 54.9 Å². The molecule has 0 spiro atoms. The Balaban J connectivity index is 1.56. The normalized spacial score (nSPS) is 16.3. The van der Waals surface area contributed by atoms with E-state index in [1.165, 1.54) is 5.57 Å². The highest BCUT2D eigenvalue weighted by atomic mass is 35.5. The summed E-state index contributed by atoms with van der Waals surface area (Å²) in [6, 6.07) is 18.4. The third-order valence-corrected chi connectivity index (χ3v) is 8.33. The van der Waals surface area contributed by atoms with Crippen LogP contribution in [0, 0.1) is 11.3 Å². The van der Waals surface area contributed by atoms with Crippen LogP contribution >= 0.6 is 23.2 Å². The van der Waals surface area contributed by atoms with Gasteiger partial charge in [0.15, 0.2) is 6.10 Å². The van der Waals surface area contributed by atoms with Gasteiger partial charge in [-0.2, -0.15) is 0 Å². The van der Waals surface area contributed by atoms with Crippen LogP contribution in [0.1, 0.15) is 73.1 Å². The molecule has 4 rings (SSSR count). The van der Waals surface area contributed by atoms with Crippen LogP contribution in [0.25, 0.3) is 5.57 Å². The lowest BCUT2D eigenvalue weighted by Gasteiger charge is -2.33. The Morgan fingerprint density at radius 3 is 2.05 bits per heavy atom. The number of halogens is 2. The Kier molecular flexibility index (Phi) is 10.7. The fraction of sp³-hybridized carbons (Fsp3) is 0.324. The lowest BCUT2D eigenvalue weighted by atomic mass is 9.72. The van der Waals surface area contributed by atoms with Crippen molar-refractivity contribution in [2.75, 3.05) is 11.9 Å². The molecule has 44 heavy (non-hydrogen) atoms. The molecule has 5 N–H and O–H groups in total. The summed E-state index contributed by atoms with van der Waals surface area (Å²) in [5.74, 6) is -1.30. The second kappa shape index (κ2) is 14.3. The fourth-order valence-electron chi connectivity index (χ4n) is 5.26. The SMILES string of the molecule is CC(C)(C)C1CC=C(c2ccc(C(NC(=O)Nc3cc(Cl)cc(Cl)c3)c3ccc(C(=O)NC[C@@H](O)C(=O)O)cc3)cc2)CC1. The summed E-state index contributed by atoms with van der Waals surface area (Å²) in [7, 11) is 0. The predicted octanol–water partition coefficient (Wildman–Crippen LogP) is 7.31. The van der Waals surface area contributed by atoms with Crippen LogP contribution in [-0.4, -0.2) is 40.8 Å². The molecule has 3 aromatic rings. The van der Waals surface area contributed by atoms with E-state index in [0.717, 1.165) is 30.4 Å². The number of nitrogens with one attached hydrogen (secondary N) is 3. The number of allylic oxidation sites excluding steroid dienone is 2. The van der Waals surface area contributed by atoms with Crippen molar-refractivity contribution in [1.29, 1.82) is 0 Å². The van der Waals surface area contributed by atoms with Gasteiger partial charge in [-0.1, -0.05) is 86.4 Å². The quantitative estimate of drug-likeness (QED) is 0.168. The van der Waals surface area contributed by atoms with Gasteiger partial charge in [0.05, 0.1) is 12.6 Å². The van der Waals surface area contributed by atoms with Gasteiger partial charge in [0, 0.05) is 21.3 Å². The highest BCUT2D eigenvalue weighted by Crippen LogP contribution is 2.40. The van der Waals surface area contributed by atoms with E-state index < -0.39 is 36.6 Å². The maximum absolute atomic E-state index is 13.1. The average molecular weight is 639 g/mol. The largest absolute Gasteiger partial charge is 0.479 e. The smallest absolute Gasteiger partial charge is 0.334 e. The molecule has 0 aliphatic heterocycles. The van der Waals surface area contributed by atoms with Gasteiger partial charge >= 0.3 is 12.0 Å². The molecule has 1 aliphatic carbocycles. The van der Waals surface area contributed by atoms with Gasteiger partial charge in [0.1, 0.15) is 0 Å². The molecule has 0 aromatic heterocycles. The third-order valence-electron chi connectivity index (χ3n) is 7.89. The van der Waals surface area contributed by atoms with E-state index in [1.54, 1.807) is 42.5 Å². The van der Waals surface area contributed by atoms with Crippen molar-refractivity contribution in [3.8, 4) is 0 Å². The first-order valence-electron chi connectivity index (χ1n) is 14.4. The maximum atomic E-state index is 13.1. The van der Waals surface area contributed by atoms with Crippen LogP contribution in [-0.2, 0) is 4.79 Å². The third kappa shape index (κ3) is 8.85. The number of aliphatic hydroxyl groups is 1. The number of rotatable bonds is 9. The van der Waals surface area contributed by atoms with E-state index in [0.29, 0.717) is 27.2 Å². The minimum atomic E-state index is -1.70. The molecular weight excluding hydrogens is 601 g/mol. The molecular formula is C34H37Cl2N3O5. The number of aliphatic hydroxyl groups excluding tert-OH is 1. The molecule has 10 heteroatoms. The Labute approximate surface area is 267 Å². The standard InChI is InChI=1S/C34H37Cl2N3O5/c1-34(2,3)25-14-12-21(13-15-25)20-4-6-22(7-5-20)30(39-33(44)38-28-17-26(35)16-27(36)18-28)23-8-10-24(11-9-23)31(41)37-19-29(40)32(42)43/h4-12,16-18,25,29-30,40H,13-15,19H2,1-3H3,(H,37,41)(H,42,43)(H2,38,39,44)/t25?,29-,30?/m1/s1. The van der Waals surface area contributed by atoms with E-state index in [4.69, 9.17) is 28.3 Å². The Morgan fingerprint density at radius 1 is 0.932 bits per heavy atom. The van der Waals surface area contributed by atoms with Gasteiger partial charge in [-0.3, -0.25) is 4.79 Å². The molecule has 2 unspecified atom stereocenters. The fourth-order valence-corrected chi connectivity index (χ4v) is 5.79. The number of hydrogen-bond acceptors (Lipinski definition) is 4. The second-order valence-corrected chi connectivity index (χ2v) is 12.9. The molecule has 232 valence electrons. The van der Waals surface area contributed by atoms with Crippen LogP contribution in [0.5, 0.6) is 0 Å². The van der Waals surface area contributed by atoms with Gasteiger partial charge in [-0.05, 0) is 83.2 Å². The first kappa shape index (κ1) is 33.1. The van der Waals surface area contributed by atoms with Crippen molar-refractivity contribution in [3.05, 3.63) is 105 Å². The van der Waals surface area contributed by atoms with Crippen molar-refractivity contribution in [1.82, 2.24) is 10.6 Å². The Morgan fingerprint density at radius 2 is 1.52 bits per heavy atom. The lowest BCUT2D eigenvalue weighted by molar-refractivity contribution is -0.146. The van der Waals surface area contributed by atoms with Crippen LogP contribution < -0.4 is 16.0 Å². The van der Waals surface area contributed by atoms with Crippen LogP contribution in [0.3, 0.4) is 0 Å². The molecule has 8 nitrogen and oxygen atoms in total. The number of carboxylic acids is 1. The molecule has 3 atom stereocenters. The van der Waals surface area contributed by atoms with Crippen molar-refractivity contribution in [3.63, 3.8) is 0 Å². The summed E-state index contributed by atoms with van der Waals surface area (Å²) in [5.41, 5.74) is 4.99. The highest BCUT2D eigenvalue weighted by Gasteiger charge is 2.27.